The van der Waals surface area contributed by atoms with Crippen LogP contribution in [-0.4, -0.2) is 51.5 Å². The van der Waals surface area contributed by atoms with Gasteiger partial charge in [0.1, 0.15) is 5.82 Å². The summed E-state index contributed by atoms with van der Waals surface area (Å²) in [6.07, 6.45) is 1.96. The molecule has 2 aliphatic rings. The van der Waals surface area contributed by atoms with Crippen LogP contribution in [0.25, 0.3) is 0 Å². The second kappa shape index (κ2) is 8.05. The smallest absolute Gasteiger partial charge is 0.221 e. The van der Waals surface area contributed by atoms with Crippen molar-refractivity contribution in [1.29, 1.82) is 0 Å². The Hall–Kier alpha value is -1.50. The molecule has 1 amide bonds. The minimum atomic E-state index is -0.257. The van der Waals surface area contributed by atoms with E-state index in [9.17, 15) is 9.18 Å². The van der Waals surface area contributed by atoms with Crippen molar-refractivity contribution in [3.8, 4) is 0 Å². The first-order chi connectivity index (χ1) is 11.7. The lowest BCUT2D eigenvalue weighted by molar-refractivity contribution is -0.122. The third-order valence-corrected chi connectivity index (χ3v) is 4.94. The second-order valence-electron chi connectivity index (χ2n) is 6.61. The first kappa shape index (κ1) is 17.3. The van der Waals surface area contributed by atoms with Crippen LogP contribution >= 0.6 is 0 Å². The Morgan fingerprint density at radius 1 is 1.29 bits per heavy atom. The van der Waals surface area contributed by atoms with Gasteiger partial charge in [-0.1, -0.05) is 12.1 Å². The molecule has 0 aromatic heterocycles. The fraction of sp³-hybridized carbons (Fsp3) is 0.611. The van der Waals surface area contributed by atoms with E-state index in [0.29, 0.717) is 39.4 Å². The molecule has 2 saturated heterocycles. The number of hydrogen-bond acceptors (Lipinski definition) is 4. The fourth-order valence-electron chi connectivity index (χ4n) is 3.46. The van der Waals surface area contributed by atoms with E-state index in [1.165, 1.54) is 6.07 Å². The van der Waals surface area contributed by atoms with Gasteiger partial charge in [0, 0.05) is 44.2 Å². The number of nitrogens with one attached hydrogen (secondary N) is 2. The van der Waals surface area contributed by atoms with Gasteiger partial charge >= 0.3 is 0 Å². The number of benzene rings is 1. The molecule has 2 aliphatic heterocycles. The van der Waals surface area contributed by atoms with Crippen molar-refractivity contribution < 1.29 is 18.7 Å². The Balaban J connectivity index is 1.63. The maximum atomic E-state index is 13.7. The van der Waals surface area contributed by atoms with Crippen molar-refractivity contribution in [3.63, 3.8) is 0 Å². The fourth-order valence-corrected chi connectivity index (χ4v) is 3.46. The maximum Gasteiger partial charge on any atom is 0.221 e. The van der Waals surface area contributed by atoms with E-state index in [2.05, 4.69) is 10.6 Å². The van der Waals surface area contributed by atoms with Crippen molar-refractivity contribution in [3.05, 3.63) is 35.6 Å². The predicted molar refractivity (Wildman–Crippen MR) is 88.4 cm³/mol. The summed E-state index contributed by atoms with van der Waals surface area (Å²) in [5.41, 5.74) is 0.678. The molecule has 132 valence electrons. The number of morpholine rings is 1. The predicted octanol–water partition coefficient (Wildman–Crippen LogP) is 1.37. The van der Waals surface area contributed by atoms with Gasteiger partial charge in [-0.25, -0.2) is 4.39 Å². The zero-order chi connectivity index (χ0) is 16.8. The van der Waals surface area contributed by atoms with Gasteiger partial charge in [-0.2, -0.15) is 0 Å². The van der Waals surface area contributed by atoms with E-state index in [1.54, 1.807) is 12.1 Å². The summed E-state index contributed by atoms with van der Waals surface area (Å²) in [7, 11) is 0. The molecule has 5 nitrogen and oxygen atoms in total. The maximum absolute atomic E-state index is 13.7. The number of amides is 1. The molecule has 2 N–H and O–H groups in total. The minimum absolute atomic E-state index is 0.000250. The number of hydrogen-bond donors (Lipinski definition) is 2. The number of carbonyl (C=O) groups is 1. The zero-order valence-electron chi connectivity index (χ0n) is 13.9. The molecule has 24 heavy (non-hydrogen) atoms. The lowest BCUT2D eigenvalue weighted by Gasteiger charge is -2.38. The standard InChI is InChI=1S/C18H25FN2O3/c19-15-3-1-2-14(10-15)18(4-7-23-8-5-18)13-21-17(22)11-16-12-24-9-6-20-16/h1-3,10,16,20H,4-9,11-13H2,(H,21,22)/t16-/m1/s1. The van der Waals surface area contributed by atoms with E-state index >= 15 is 0 Å². The van der Waals surface area contributed by atoms with E-state index in [4.69, 9.17) is 9.47 Å². The van der Waals surface area contributed by atoms with Gasteiger partial charge in [0.15, 0.2) is 0 Å². The molecule has 0 radical (unpaired) electrons. The van der Waals surface area contributed by atoms with Crippen molar-refractivity contribution in [2.24, 2.45) is 0 Å². The Labute approximate surface area is 141 Å². The quantitative estimate of drug-likeness (QED) is 0.853. The highest BCUT2D eigenvalue weighted by molar-refractivity contribution is 5.76. The molecule has 2 fully saturated rings. The summed E-state index contributed by atoms with van der Waals surface area (Å²) in [4.78, 5) is 12.3. The molecule has 3 rings (SSSR count). The van der Waals surface area contributed by atoms with Crippen LogP contribution in [0.2, 0.25) is 0 Å². The van der Waals surface area contributed by atoms with Gasteiger partial charge in [0.2, 0.25) is 5.91 Å². The molecule has 0 aliphatic carbocycles. The first-order valence-corrected chi connectivity index (χ1v) is 8.60. The highest BCUT2D eigenvalue weighted by Crippen LogP contribution is 2.34. The summed E-state index contributed by atoms with van der Waals surface area (Å²) in [5.74, 6) is -0.242. The summed E-state index contributed by atoms with van der Waals surface area (Å²) < 4.78 is 24.5. The summed E-state index contributed by atoms with van der Waals surface area (Å²) >= 11 is 0. The third-order valence-electron chi connectivity index (χ3n) is 4.94. The Bertz CT molecular complexity index is 555. The van der Waals surface area contributed by atoms with Gasteiger partial charge < -0.3 is 20.1 Å². The lowest BCUT2D eigenvalue weighted by atomic mass is 9.74. The summed E-state index contributed by atoms with van der Waals surface area (Å²) in [5, 5.41) is 6.33. The number of carbonyl (C=O) groups excluding carboxylic acids is 1. The van der Waals surface area contributed by atoms with Gasteiger partial charge in [-0.15, -0.1) is 0 Å². The van der Waals surface area contributed by atoms with Crippen LogP contribution in [0, 0.1) is 5.82 Å². The molecule has 0 unspecified atom stereocenters. The lowest BCUT2D eigenvalue weighted by Crippen LogP contribution is -2.48. The molecule has 0 saturated carbocycles. The van der Waals surface area contributed by atoms with Crippen LogP contribution in [0.1, 0.15) is 24.8 Å². The monoisotopic (exact) mass is 336 g/mol. The largest absolute Gasteiger partial charge is 0.381 e. The molecule has 1 aromatic carbocycles. The molecule has 2 heterocycles. The second-order valence-corrected chi connectivity index (χ2v) is 6.61. The normalized spacial score (nSPS) is 23.6. The van der Waals surface area contributed by atoms with E-state index in [-0.39, 0.29) is 23.2 Å². The Kier molecular flexibility index (Phi) is 5.81. The molecule has 0 spiro atoms. The third kappa shape index (κ3) is 4.32. The molecule has 1 atom stereocenters. The first-order valence-electron chi connectivity index (χ1n) is 8.60. The van der Waals surface area contributed by atoms with Crippen molar-refractivity contribution in [2.75, 3.05) is 39.5 Å². The van der Waals surface area contributed by atoms with Crippen molar-refractivity contribution in [2.45, 2.75) is 30.7 Å². The van der Waals surface area contributed by atoms with E-state index in [0.717, 1.165) is 24.9 Å². The van der Waals surface area contributed by atoms with Gasteiger partial charge in [-0.3, -0.25) is 4.79 Å². The zero-order valence-corrected chi connectivity index (χ0v) is 13.9. The number of rotatable bonds is 5. The molecule has 6 heteroatoms. The van der Waals surface area contributed by atoms with Crippen LogP contribution in [0.15, 0.2) is 24.3 Å². The van der Waals surface area contributed by atoms with Crippen LogP contribution in [-0.2, 0) is 19.7 Å². The summed E-state index contributed by atoms with van der Waals surface area (Å²) in [6.45, 7) is 3.81. The SMILES string of the molecule is O=C(C[C@@H]1COCCN1)NCC1(c2cccc(F)c2)CCOCC1. The van der Waals surface area contributed by atoms with Gasteiger partial charge in [0.25, 0.3) is 0 Å². The highest BCUT2D eigenvalue weighted by atomic mass is 19.1. The Morgan fingerprint density at radius 2 is 2.12 bits per heavy atom. The van der Waals surface area contributed by atoms with Crippen LogP contribution < -0.4 is 10.6 Å². The average molecular weight is 336 g/mol. The average Bonchev–Trinajstić information content (AvgIpc) is 2.62. The highest BCUT2D eigenvalue weighted by Gasteiger charge is 2.35. The van der Waals surface area contributed by atoms with E-state index < -0.39 is 0 Å². The van der Waals surface area contributed by atoms with Crippen molar-refractivity contribution >= 4 is 5.91 Å². The topological polar surface area (TPSA) is 59.6 Å². The van der Waals surface area contributed by atoms with Crippen LogP contribution in [0.4, 0.5) is 4.39 Å². The van der Waals surface area contributed by atoms with E-state index in [1.807, 2.05) is 6.07 Å². The van der Waals surface area contributed by atoms with Crippen molar-refractivity contribution in [1.82, 2.24) is 10.6 Å². The minimum Gasteiger partial charge on any atom is -0.381 e. The van der Waals surface area contributed by atoms with Gasteiger partial charge in [-0.05, 0) is 30.5 Å². The Morgan fingerprint density at radius 3 is 2.83 bits per heavy atom. The summed E-state index contributed by atoms with van der Waals surface area (Å²) in [6, 6.07) is 6.76. The number of halogens is 1. The molecular weight excluding hydrogens is 311 g/mol. The van der Waals surface area contributed by atoms with Gasteiger partial charge in [0.05, 0.1) is 13.2 Å². The molecule has 1 aromatic rings. The van der Waals surface area contributed by atoms with Crippen LogP contribution in [0.3, 0.4) is 0 Å². The molecular formula is C18H25FN2O3. The molecule has 0 bridgehead atoms. The van der Waals surface area contributed by atoms with Crippen LogP contribution in [0.5, 0.6) is 0 Å². The number of ether oxygens (including phenoxy) is 2.